The molecule has 0 aliphatic rings. The molecule has 0 aliphatic carbocycles. The Morgan fingerprint density at radius 3 is 3.04 bits per heavy atom. The first-order valence-corrected chi connectivity index (χ1v) is 7.40. The molecule has 3 rings (SSSR count). The Bertz CT molecular complexity index is 831. The number of aromatic nitrogens is 5. The van der Waals surface area contributed by atoms with E-state index in [0.717, 1.165) is 17.1 Å². The fourth-order valence-corrected chi connectivity index (χ4v) is 2.44. The third-order valence-corrected chi connectivity index (χ3v) is 3.54. The first kappa shape index (κ1) is 15.2. The van der Waals surface area contributed by atoms with E-state index in [1.807, 2.05) is 0 Å². The molecule has 2 heterocycles. The summed E-state index contributed by atoms with van der Waals surface area (Å²) in [6.45, 7) is 0.518. The minimum absolute atomic E-state index is 0.130. The predicted molar refractivity (Wildman–Crippen MR) is 81.3 cm³/mol. The van der Waals surface area contributed by atoms with Crippen molar-refractivity contribution >= 4 is 22.6 Å². The zero-order valence-corrected chi connectivity index (χ0v) is 12.6. The molecule has 0 bridgehead atoms. The number of nitrogens with one attached hydrogen (secondary N) is 1. The number of nitrogens with zero attached hydrogens (tertiary/aromatic N) is 5. The van der Waals surface area contributed by atoms with E-state index in [1.54, 1.807) is 12.1 Å². The Kier molecular flexibility index (Phi) is 4.35. The van der Waals surface area contributed by atoms with Gasteiger partial charge in [0.1, 0.15) is 5.82 Å². The second kappa shape index (κ2) is 6.58. The number of rotatable bonds is 5. The van der Waals surface area contributed by atoms with Gasteiger partial charge in [0.15, 0.2) is 11.5 Å². The number of halogens is 1. The van der Waals surface area contributed by atoms with Crippen molar-refractivity contribution in [2.24, 2.45) is 5.73 Å². The molecule has 23 heavy (non-hydrogen) atoms. The zero-order chi connectivity index (χ0) is 16.2. The standard InChI is InChI=1S/C13H12FN7OS/c14-9-3-1-2-8(4-9)6-21-7-10(18-20-21)12(22)17-13-16-11(5-15)19-23-13/h1-4,7H,5-6,15H2,(H,16,17,19,22). The Labute approximate surface area is 134 Å². The molecule has 3 N–H and O–H groups in total. The van der Waals surface area contributed by atoms with Crippen molar-refractivity contribution in [3.63, 3.8) is 0 Å². The van der Waals surface area contributed by atoms with Gasteiger partial charge < -0.3 is 5.73 Å². The zero-order valence-electron chi connectivity index (χ0n) is 11.8. The van der Waals surface area contributed by atoms with Gasteiger partial charge in [-0.05, 0) is 17.7 Å². The number of carbonyl (C=O) groups is 1. The van der Waals surface area contributed by atoms with Crippen LogP contribution in [0.5, 0.6) is 0 Å². The van der Waals surface area contributed by atoms with Crippen LogP contribution in [-0.4, -0.2) is 30.3 Å². The molecule has 10 heteroatoms. The van der Waals surface area contributed by atoms with Gasteiger partial charge in [-0.3, -0.25) is 10.1 Å². The SMILES string of the molecule is NCc1nsc(NC(=O)c2cn(Cc3cccc(F)c3)nn2)n1. The summed E-state index contributed by atoms with van der Waals surface area (Å²) in [4.78, 5) is 16.1. The molecular formula is C13H12FN7OS. The fourth-order valence-electron chi connectivity index (χ4n) is 1.85. The van der Waals surface area contributed by atoms with Crippen LogP contribution in [0.1, 0.15) is 21.9 Å². The number of hydrogen-bond acceptors (Lipinski definition) is 7. The van der Waals surface area contributed by atoms with Crippen molar-refractivity contribution in [3.05, 3.63) is 53.4 Å². The maximum absolute atomic E-state index is 13.1. The van der Waals surface area contributed by atoms with Crippen molar-refractivity contribution in [2.45, 2.75) is 13.1 Å². The lowest BCUT2D eigenvalue weighted by molar-refractivity contribution is 0.102. The van der Waals surface area contributed by atoms with Crippen LogP contribution < -0.4 is 11.1 Å². The average molecular weight is 333 g/mol. The Hall–Kier alpha value is -2.72. The van der Waals surface area contributed by atoms with Gasteiger partial charge in [-0.15, -0.1) is 5.10 Å². The van der Waals surface area contributed by atoms with Crippen LogP contribution in [0.15, 0.2) is 30.5 Å². The third-order valence-electron chi connectivity index (χ3n) is 2.88. The van der Waals surface area contributed by atoms with Crippen LogP contribution >= 0.6 is 11.5 Å². The smallest absolute Gasteiger partial charge is 0.279 e. The van der Waals surface area contributed by atoms with Gasteiger partial charge in [0, 0.05) is 11.5 Å². The number of nitrogens with two attached hydrogens (primary N) is 1. The molecule has 1 amide bonds. The summed E-state index contributed by atoms with van der Waals surface area (Å²) < 4.78 is 18.6. The lowest BCUT2D eigenvalue weighted by Crippen LogP contribution is -2.12. The highest BCUT2D eigenvalue weighted by Crippen LogP contribution is 2.12. The van der Waals surface area contributed by atoms with Gasteiger partial charge in [-0.25, -0.2) is 14.1 Å². The molecule has 3 aromatic rings. The fraction of sp³-hybridized carbons (Fsp3) is 0.154. The van der Waals surface area contributed by atoms with Gasteiger partial charge in [-0.2, -0.15) is 4.37 Å². The highest BCUT2D eigenvalue weighted by molar-refractivity contribution is 7.09. The number of carbonyl (C=O) groups excluding carboxylic acids is 1. The van der Waals surface area contributed by atoms with Crippen LogP contribution in [0.4, 0.5) is 9.52 Å². The molecule has 1 aromatic carbocycles. The molecular weight excluding hydrogens is 321 g/mol. The highest BCUT2D eigenvalue weighted by Gasteiger charge is 2.13. The van der Waals surface area contributed by atoms with E-state index in [0.29, 0.717) is 17.5 Å². The maximum Gasteiger partial charge on any atom is 0.279 e. The van der Waals surface area contributed by atoms with Gasteiger partial charge in [0.25, 0.3) is 5.91 Å². The summed E-state index contributed by atoms with van der Waals surface area (Å²) in [5, 5.41) is 10.6. The molecule has 8 nitrogen and oxygen atoms in total. The first-order valence-electron chi connectivity index (χ1n) is 6.62. The minimum atomic E-state index is -0.449. The summed E-state index contributed by atoms with van der Waals surface area (Å²) in [5.74, 6) is -0.317. The van der Waals surface area contributed by atoms with E-state index in [4.69, 9.17) is 5.73 Å². The minimum Gasteiger partial charge on any atom is -0.324 e. The molecule has 118 valence electrons. The third kappa shape index (κ3) is 3.73. The highest BCUT2D eigenvalue weighted by atomic mass is 32.1. The molecule has 0 radical (unpaired) electrons. The maximum atomic E-state index is 13.1. The Morgan fingerprint density at radius 2 is 2.30 bits per heavy atom. The number of hydrogen-bond donors (Lipinski definition) is 2. The number of anilines is 1. The van der Waals surface area contributed by atoms with Crippen molar-refractivity contribution in [2.75, 3.05) is 5.32 Å². The van der Waals surface area contributed by atoms with Gasteiger partial charge >= 0.3 is 0 Å². The second-order valence-corrected chi connectivity index (χ2v) is 5.36. The normalized spacial score (nSPS) is 10.7. The van der Waals surface area contributed by atoms with Gasteiger partial charge in [0.05, 0.1) is 19.3 Å². The largest absolute Gasteiger partial charge is 0.324 e. The van der Waals surface area contributed by atoms with E-state index < -0.39 is 5.91 Å². The van der Waals surface area contributed by atoms with Gasteiger partial charge in [0.2, 0.25) is 5.13 Å². The van der Waals surface area contributed by atoms with E-state index >= 15 is 0 Å². The quantitative estimate of drug-likeness (QED) is 0.721. The van der Waals surface area contributed by atoms with Crippen LogP contribution in [-0.2, 0) is 13.1 Å². The van der Waals surface area contributed by atoms with Gasteiger partial charge in [-0.1, -0.05) is 17.3 Å². The number of benzene rings is 1. The van der Waals surface area contributed by atoms with Crippen LogP contribution in [0, 0.1) is 5.82 Å². The van der Waals surface area contributed by atoms with E-state index in [9.17, 15) is 9.18 Å². The van der Waals surface area contributed by atoms with Crippen LogP contribution in [0.2, 0.25) is 0 Å². The Balaban J connectivity index is 1.67. The van der Waals surface area contributed by atoms with Crippen molar-refractivity contribution in [3.8, 4) is 0 Å². The topological polar surface area (TPSA) is 112 Å². The second-order valence-electron chi connectivity index (χ2n) is 4.61. The Morgan fingerprint density at radius 1 is 1.43 bits per heavy atom. The summed E-state index contributed by atoms with van der Waals surface area (Å²) >= 11 is 1.04. The summed E-state index contributed by atoms with van der Waals surface area (Å²) in [6, 6.07) is 6.14. The van der Waals surface area contributed by atoms with Crippen molar-refractivity contribution in [1.29, 1.82) is 0 Å². The summed E-state index contributed by atoms with van der Waals surface area (Å²) in [7, 11) is 0. The van der Waals surface area contributed by atoms with E-state index in [-0.39, 0.29) is 18.1 Å². The molecule has 0 spiro atoms. The first-order chi connectivity index (χ1) is 11.1. The van der Waals surface area contributed by atoms with Crippen LogP contribution in [0.3, 0.4) is 0 Å². The molecule has 0 saturated carbocycles. The van der Waals surface area contributed by atoms with Crippen molar-refractivity contribution < 1.29 is 9.18 Å². The monoisotopic (exact) mass is 333 g/mol. The average Bonchev–Trinajstić information content (AvgIpc) is 3.16. The molecule has 0 saturated heterocycles. The lowest BCUT2D eigenvalue weighted by Gasteiger charge is -2.00. The van der Waals surface area contributed by atoms with Crippen molar-refractivity contribution in [1.82, 2.24) is 24.4 Å². The van der Waals surface area contributed by atoms with Crippen LogP contribution in [0.25, 0.3) is 0 Å². The van der Waals surface area contributed by atoms with E-state index in [2.05, 4.69) is 25.0 Å². The number of amides is 1. The molecule has 2 aromatic heterocycles. The molecule has 0 atom stereocenters. The summed E-state index contributed by atoms with van der Waals surface area (Å²) in [6.07, 6.45) is 1.48. The van der Waals surface area contributed by atoms with E-state index in [1.165, 1.54) is 23.0 Å². The molecule has 0 fully saturated rings. The predicted octanol–water partition coefficient (Wildman–Crippen LogP) is 1.03. The molecule has 0 aliphatic heterocycles. The lowest BCUT2D eigenvalue weighted by atomic mass is 10.2. The molecule has 0 unspecified atom stereocenters. The summed E-state index contributed by atoms with van der Waals surface area (Å²) in [5.41, 5.74) is 6.26.